The zero-order valence-electron chi connectivity index (χ0n) is 62.7. The number of hydrogen-bond donors (Lipinski definition) is 1. The number of hydrogen-bond acceptors (Lipinski definition) is 17. The zero-order valence-corrected chi connectivity index (χ0v) is 63.4. The topological polar surface area (TPSA) is 276 Å². The number of H-pyrrole nitrogens is 1. The van der Waals surface area contributed by atoms with E-state index in [0.29, 0.717) is 68.4 Å². The van der Waals surface area contributed by atoms with Gasteiger partial charge >= 0.3 is 36.2 Å². The third-order valence-corrected chi connectivity index (χ3v) is 18.1. The van der Waals surface area contributed by atoms with E-state index in [2.05, 4.69) is 49.1 Å². The highest BCUT2D eigenvalue weighted by Gasteiger charge is 2.34. The molecule has 115 heavy (non-hydrogen) atoms. The standard InChI is InChI=1S/C29H26F3N5O4.C23H20F3N3O4.C21H18F3N5O3.C7H8ClN/c1-18-7-10-21(33-15-18)17-36-24(14-20-5-4-6-23(13-20)41-29(30,31)32)34-26-25(36)27(38)37(28(39)35(26)2)16-19-8-11-22(40-3)12-9-19;1-28-20-19(21(30)29(22(28)31)13-14-6-8-17(32-2)9-7-14)12-16(27-20)10-15-4-3-5-18(11-15)33-23(24,25)26;1-12-6-7-14(25-10-12)11-29-16(26-18-17(29)19(30)27-20(31)28(18)2)9-13-4-3-5-15(8-13)32-21(22,23)24;1-6-2-3-7(4-8)9-5-6/h4-13,15H,14,16-17H2,1-3H3;3-9,11H,10,12-13H2,1-2H3;3-8,10H,9,11H2,1-2H3,(H,27,30,31);2-3,5H,4H2,1H3. The fraction of sp³-hybridized carbons (Fsp3) is 0.250. The number of imidazole rings is 2. The summed E-state index contributed by atoms with van der Waals surface area (Å²) in [5.41, 5.74) is 6.69. The summed E-state index contributed by atoms with van der Waals surface area (Å²) in [4.78, 5) is 106. The molecule has 0 unspecified atom stereocenters. The number of fused-ring (bicyclic) bond motifs is 3. The van der Waals surface area contributed by atoms with Gasteiger partial charge < -0.3 is 32.8 Å². The van der Waals surface area contributed by atoms with Gasteiger partial charge in [0.2, 0.25) is 0 Å². The lowest BCUT2D eigenvalue weighted by Crippen LogP contribution is -2.40. The van der Waals surface area contributed by atoms with Crippen LogP contribution in [0.3, 0.4) is 0 Å². The highest BCUT2D eigenvalue weighted by molar-refractivity contribution is 6.16. The Morgan fingerprint density at radius 2 is 0.835 bits per heavy atom. The third kappa shape index (κ3) is 21.2. The normalized spacial score (nSPS) is 11.9. The second-order valence-corrected chi connectivity index (χ2v) is 26.7. The second-order valence-electron chi connectivity index (χ2n) is 26.4. The predicted octanol–water partition coefficient (Wildman–Crippen LogP) is 12.4. The molecule has 0 aliphatic carbocycles. The quantitative estimate of drug-likeness (QED) is 0.0548. The molecule has 0 saturated heterocycles. The van der Waals surface area contributed by atoms with Crippen molar-refractivity contribution in [2.75, 3.05) is 14.2 Å². The lowest BCUT2D eigenvalue weighted by atomic mass is 10.0. The first-order chi connectivity index (χ1) is 54.6. The Morgan fingerprint density at radius 1 is 0.435 bits per heavy atom. The highest BCUT2D eigenvalue weighted by atomic mass is 35.5. The number of methoxy groups -OCH3 is 2. The van der Waals surface area contributed by atoms with Gasteiger partial charge in [0.05, 0.1) is 68.9 Å². The van der Waals surface area contributed by atoms with Gasteiger partial charge in [-0.05, 0) is 144 Å². The van der Waals surface area contributed by atoms with Crippen molar-refractivity contribution in [3.63, 3.8) is 0 Å². The summed E-state index contributed by atoms with van der Waals surface area (Å²) in [6, 6.07) is 42.0. The Balaban J connectivity index is 0.000000162. The molecule has 0 saturated carbocycles. The fourth-order valence-electron chi connectivity index (χ4n) is 12.3. The van der Waals surface area contributed by atoms with E-state index in [4.69, 9.17) is 21.1 Å². The number of ether oxygens (including phenoxy) is 5. The number of nitrogens with one attached hydrogen (secondary N) is 1. The molecule has 1 N–H and O–H groups in total. The number of pyridine rings is 3. The van der Waals surface area contributed by atoms with E-state index in [1.54, 1.807) is 109 Å². The van der Waals surface area contributed by atoms with E-state index in [9.17, 15) is 68.3 Å². The zero-order chi connectivity index (χ0) is 82.8. The first-order valence-corrected chi connectivity index (χ1v) is 35.5. The van der Waals surface area contributed by atoms with E-state index < -0.39 is 52.8 Å². The van der Waals surface area contributed by atoms with Gasteiger partial charge in [-0.15, -0.1) is 51.1 Å². The molecule has 0 atom stereocenters. The van der Waals surface area contributed by atoms with Crippen molar-refractivity contribution in [3.05, 3.63) is 318 Å². The number of aliphatic imine (C=N–C) groups is 1. The molecule has 0 bridgehead atoms. The first kappa shape index (κ1) is 82.8. The summed E-state index contributed by atoms with van der Waals surface area (Å²) >= 11 is 5.52. The van der Waals surface area contributed by atoms with Crippen molar-refractivity contribution < 1.29 is 63.2 Å². The number of aryl methyl sites for hydroxylation is 5. The van der Waals surface area contributed by atoms with Crippen LogP contribution in [0.25, 0.3) is 22.3 Å². The molecule has 1 aliphatic heterocycles. The smallest absolute Gasteiger partial charge is 0.497 e. The van der Waals surface area contributed by atoms with Gasteiger partial charge in [0.25, 0.3) is 16.7 Å². The molecule has 25 nitrogen and oxygen atoms in total. The average molecular weight is 1610 g/mol. The molecule has 598 valence electrons. The van der Waals surface area contributed by atoms with Crippen molar-refractivity contribution in [1.29, 1.82) is 0 Å². The Morgan fingerprint density at radius 3 is 1.24 bits per heavy atom. The summed E-state index contributed by atoms with van der Waals surface area (Å²) in [5, 5.41) is 0. The maximum Gasteiger partial charge on any atom is 0.573 e. The fourth-order valence-corrected chi connectivity index (χ4v) is 12.4. The van der Waals surface area contributed by atoms with Crippen molar-refractivity contribution in [2.45, 2.75) is 97.6 Å². The van der Waals surface area contributed by atoms with Gasteiger partial charge in [-0.3, -0.25) is 57.2 Å². The second kappa shape index (κ2) is 35.3. The van der Waals surface area contributed by atoms with Gasteiger partial charge in [-0.25, -0.2) is 29.3 Å². The van der Waals surface area contributed by atoms with Crippen LogP contribution in [0.2, 0.25) is 0 Å². The van der Waals surface area contributed by atoms with Crippen molar-refractivity contribution in [1.82, 2.24) is 61.9 Å². The number of aromatic nitrogens is 13. The molecule has 0 radical (unpaired) electrons. The largest absolute Gasteiger partial charge is 0.573 e. The number of alkyl halides is 10. The van der Waals surface area contributed by atoms with E-state index in [1.165, 1.54) is 95.0 Å². The summed E-state index contributed by atoms with van der Waals surface area (Å²) in [6.45, 7) is 6.25. The van der Waals surface area contributed by atoms with Crippen molar-refractivity contribution >= 4 is 45.5 Å². The number of benzene rings is 5. The number of nitrogens with zero attached hydrogens (tertiary/aromatic N) is 13. The van der Waals surface area contributed by atoms with E-state index in [-0.39, 0.29) is 97.3 Å². The molecule has 13 aromatic rings. The highest BCUT2D eigenvalue weighted by Crippen LogP contribution is 2.30. The molecule has 35 heteroatoms. The Hall–Kier alpha value is -13.1. The van der Waals surface area contributed by atoms with Gasteiger partial charge in [0.1, 0.15) is 46.2 Å². The van der Waals surface area contributed by atoms with Crippen LogP contribution in [0.1, 0.15) is 78.8 Å². The summed E-state index contributed by atoms with van der Waals surface area (Å²) in [7, 11) is 7.63. The summed E-state index contributed by atoms with van der Waals surface area (Å²) < 4.78 is 145. The lowest BCUT2D eigenvalue weighted by molar-refractivity contribution is -0.275. The van der Waals surface area contributed by atoms with Gasteiger partial charge in [0.15, 0.2) is 22.3 Å². The molecular formula is C80H72ClF9N14O11. The van der Waals surface area contributed by atoms with Crippen molar-refractivity contribution in [3.8, 4) is 28.7 Å². The Kier molecular flexibility index (Phi) is 25.4. The summed E-state index contributed by atoms with van der Waals surface area (Å²) in [6.07, 6.45) is -8.64. The summed E-state index contributed by atoms with van der Waals surface area (Å²) in [5.74, 6) is 1.78. The van der Waals surface area contributed by atoms with Crippen LogP contribution < -0.4 is 57.4 Å². The Bertz CT molecular complexity index is 6090. The van der Waals surface area contributed by atoms with Gasteiger partial charge in [-0.2, -0.15) is 0 Å². The molecule has 8 aromatic heterocycles. The van der Waals surface area contributed by atoms with Crippen molar-refractivity contribution in [2.24, 2.45) is 26.1 Å². The number of rotatable bonds is 20. The molecule has 9 heterocycles. The van der Waals surface area contributed by atoms with Crippen LogP contribution in [0.5, 0.6) is 28.7 Å². The molecule has 0 amide bonds. The molecule has 0 spiro atoms. The lowest BCUT2D eigenvalue weighted by Gasteiger charge is -2.12. The molecule has 0 fully saturated rings. The first-order valence-electron chi connectivity index (χ1n) is 35.0. The van der Waals surface area contributed by atoms with E-state index in [1.807, 2.05) is 57.3 Å². The van der Waals surface area contributed by atoms with Crippen LogP contribution >= 0.6 is 11.6 Å². The maximum atomic E-state index is 13.9. The van der Waals surface area contributed by atoms with E-state index in [0.717, 1.165) is 37.1 Å². The third-order valence-electron chi connectivity index (χ3n) is 17.9. The minimum atomic E-state index is -4.84. The number of aromatic amines is 1. The van der Waals surface area contributed by atoms with Gasteiger partial charge in [0, 0.05) is 71.1 Å². The van der Waals surface area contributed by atoms with Crippen LogP contribution in [0, 0.1) is 20.8 Å². The van der Waals surface area contributed by atoms with Crippen LogP contribution in [-0.2, 0) is 78.9 Å². The van der Waals surface area contributed by atoms with Crippen LogP contribution in [0.4, 0.5) is 45.3 Å². The SMILES string of the molecule is COc1ccc(Cn2c(=O)c3c(n(C)c2=O)N=C(Cc2cccc(OC(F)(F)F)c2)C3)cc1.COc1ccc(Cn2c(=O)c3c(nc(Cc4cccc(OC(F)(F)F)c4)n3Cc3ccc(C)cn3)n(C)c2=O)cc1.Cc1ccc(CCl)nc1.Cc1ccc(Cn2c(Cc3cccc(OC(F)(F)F)c3)nc3c2c(=O)[nH]c(=O)n3C)nc1. The average Bonchev–Trinajstić information content (AvgIpc) is 1.62. The maximum absolute atomic E-state index is 13.9. The number of halogens is 10. The van der Waals surface area contributed by atoms with Gasteiger partial charge in [-0.1, -0.05) is 78.9 Å². The monoisotopic (exact) mass is 1610 g/mol. The minimum Gasteiger partial charge on any atom is -0.497 e. The molecule has 5 aromatic carbocycles. The van der Waals surface area contributed by atoms with Crippen LogP contribution in [-0.4, -0.2) is 101 Å². The molecule has 14 rings (SSSR count). The van der Waals surface area contributed by atoms with Crippen LogP contribution in [0.15, 0.2) is 210 Å². The molecule has 1 aliphatic rings. The molecular weight excluding hydrogens is 1540 g/mol. The predicted molar refractivity (Wildman–Crippen MR) is 409 cm³/mol. The minimum absolute atomic E-state index is 0.0194. The Labute approximate surface area is 652 Å². The van der Waals surface area contributed by atoms with E-state index >= 15 is 0 Å².